The molecule has 0 aliphatic rings. The van der Waals surface area contributed by atoms with E-state index in [0.717, 1.165) is 24.2 Å². The number of hydrogen-bond acceptors (Lipinski definition) is 3. The van der Waals surface area contributed by atoms with Gasteiger partial charge >= 0.3 is 0 Å². The molecule has 5 heteroatoms. The molecule has 0 aliphatic heterocycles. The third kappa shape index (κ3) is 2.85. The van der Waals surface area contributed by atoms with Crippen molar-refractivity contribution < 1.29 is 4.79 Å². The largest absolute Gasteiger partial charge is 0.294 e. The Kier molecular flexibility index (Phi) is 4.01. The van der Waals surface area contributed by atoms with Crippen LogP contribution in [0.2, 0.25) is 0 Å². The maximum Gasteiger partial charge on any atom is 0.170 e. The van der Waals surface area contributed by atoms with Gasteiger partial charge in [0.15, 0.2) is 5.78 Å². The van der Waals surface area contributed by atoms with Crippen molar-refractivity contribution >= 4 is 59.2 Å². The molecule has 0 amide bonds. The van der Waals surface area contributed by atoms with Crippen molar-refractivity contribution in [3.8, 4) is 0 Å². The Bertz CT molecular complexity index is 764. The number of para-hydroxylation sites is 1. The molecule has 0 aliphatic carbocycles. The van der Waals surface area contributed by atoms with Crippen molar-refractivity contribution in [2.24, 2.45) is 0 Å². The number of carbonyl (C=O) groups is 1. The Labute approximate surface area is 137 Å². The highest BCUT2D eigenvalue weighted by atomic mass is 79.9. The Hall–Kier alpha value is -1.04. The quantitative estimate of drug-likeness (QED) is 0.552. The summed E-state index contributed by atoms with van der Waals surface area (Å²) in [7, 11) is 0. The van der Waals surface area contributed by atoms with Crippen LogP contribution in [-0.4, -0.2) is 10.8 Å². The van der Waals surface area contributed by atoms with Gasteiger partial charge in [0, 0.05) is 14.5 Å². The predicted molar refractivity (Wildman–Crippen MR) is 89.5 cm³/mol. The topological polar surface area (TPSA) is 30.0 Å². The number of Topliss-reactive ketones (excluding diaryl/α,β-unsaturated/α-hetero) is 1. The van der Waals surface area contributed by atoms with Gasteiger partial charge in [-0.3, -0.25) is 4.79 Å². The number of ketones is 1. The Morgan fingerprint density at radius 3 is 2.70 bits per heavy atom. The summed E-state index contributed by atoms with van der Waals surface area (Å²) >= 11 is 8.38. The fourth-order valence-electron chi connectivity index (χ4n) is 1.94. The summed E-state index contributed by atoms with van der Waals surface area (Å²) < 4.78 is 2.86. The predicted octanol–water partition coefficient (Wildman–Crippen LogP) is 5.25. The molecule has 3 rings (SSSR count). The van der Waals surface area contributed by atoms with Crippen LogP contribution in [0.4, 0.5) is 0 Å². The molecule has 100 valence electrons. The van der Waals surface area contributed by atoms with Crippen molar-refractivity contribution in [2.75, 3.05) is 0 Å². The molecule has 1 aromatic heterocycles. The van der Waals surface area contributed by atoms with Crippen LogP contribution in [0.15, 0.2) is 51.4 Å². The molecule has 0 atom stereocenters. The van der Waals surface area contributed by atoms with E-state index < -0.39 is 0 Å². The molecule has 0 radical (unpaired) electrons. The second-order valence-electron chi connectivity index (χ2n) is 4.30. The van der Waals surface area contributed by atoms with E-state index in [-0.39, 0.29) is 5.78 Å². The third-order valence-electron chi connectivity index (χ3n) is 2.88. The van der Waals surface area contributed by atoms with Gasteiger partial charge in [-0.05, 0) is 30.3 Å². The Morgan fingerprint density at radius 1 is 1.15 bits per heavy atom. The summed E-state index contributed by atoms with van der Waals surface area (Å²) in [6, 6.07) is 13.5. The second-order valence-corrected chi connectivity index (χ2v) is 7.18. The number of aromatic nitrogens is 1. The number of benzene rings is 2. The SMILES string of the molecule is O=C(Cc1nc2ccccc2s1)c1ccc(Br)cc1Br. The molecule has 0 fully saturated rings. The summed E-state index contributed by atoms with van der Waals surface area (Å²) in [4.78, 5) is 16.8. The van der Waals surface area contributed by atoms with Crippen LogP contribution in [0.1, 0.15) is 15.4 Å². The minimum atomic E-state index is 0.0726. The summed E-state index contributed by atoms with van der Waals surface area (Å²) in [5.41, 5.74) is 1.64. The summed E-state index contributed by atoms with van der Waals surface area (Å²) in [6.07, 6.45) is 0.333. The maximum absolute atomic E-state index is 12.3. The van der Waals surface area contributed by atoms with Gasteiger partial charge in [-0.2, -0.15) is 0 Å². The molecular weight excluding hydrogens is 402 g/mol. The highest BCUT2D eigenvalue weighted by molar-refractivity contribution is 9.11. The smallest absolute Gasteiger partial charge is 0.170 e. The molecule has 0 saturated heterocycles. The van der Waals surface area contributed by atoms with Crippen LogP contribution in [0.5, 0.6) is 0 Å². The molecule has 0 spiro atoms. The summed E-state index contributed by atoms with van der Waals surface area (Å²) in [5, 5.41) is 0.853. The number of halogens is 2. The van der Waals surface area contributed by atoms with Crippen LogP contribution in [0.25, 0.3) is 10.2 Å². The van der Waals surface area contributed by atoms with Crippen molar-refractivity contribution in [3.63, 3.8) is 0 Å². The molecule has 0 bridgehead atoms. The number of fused-ring (bicyclic) bond motifs is 1. The Morgan fingerprint density at radius 2 is 1.95 bits per heavy atom. The van der Waals surface area contributed by atoms with Crippen molar-refractivity contribution in [3.05, 3.63) is 62.0 Å². The van der Waals surface area contributed by atoms with Crippen LogP contribution < -0.4 is 0 Å². The average molecular weight is 411 g/mol. The number of rotatable bonds is 3. The molecular formula is C15H9Br2NOS. The maximum atomic E-state index is 12.3. The molecule has 2 nitrogen and oxygen atoms in total. The number of thiazole rings is 1. The number of carbonyl (C=O) groups excluding carboxylic acids is 1. The van der Waals surface area contributed by atoms with Gasteiger partial charge in [-0.25, -0.2) is 4.98 Å². The fourth-order valence-corrected chi connectivity index (χ4v) is 4.18. The lowest BCUT2D eigenvalue weighted by Crippen LogP contribution is -2.04. The van der Waals surface area contributed by atoms with E-state index >= 15 is 0 Å². The van der Waals surface area contributed by atoms with E-state index in [4.69, 9.17) is 0 Å². The first kappa shape index (κ1) is 13.9. The van der Waals surface area contributed by atoms with Crippen LogP contribution >= 0.6 is 43.2 Å². The van der Waals surface area contributed by atoms with E-state index in [0.29, 0.717) is 12.0 Å². The van der Waals surface area contributed by atoms with Crippen molar-refractivity contribution in [1.82, 2.24) is 4.98 Å². The van der Waals surface area contributed by atoms with Gasteiger partial charge in [-0.15, -0.1) is 11.3 Å². The lowest BCUT2D eigenvalue weighted by Gasteiger charge is -2.02. The highest BCUT2D eigenvalue weighted by Crippen LogP contribution is 2.26. The molecule has 20 heavy (non-hydrogen) atoms. The van der Waals surface area contributed by atoms with Crippen molar-refractivity contribution in [1.29, 1.82) is 0 Å². The lowest BCUT2D eigenvalue weighted by atomic mass is 10.1. The van der Waals surface area contributed by atoms with E-state index in [1.807, 2.05) is 42.5 Å². The molecule has 0 N–H and O–H groups in total. The normalized spacial score (nSPS) is 10.9. The van der Waals surface area contributed by atoms with Gasteiger partial charge < -0.3 is 0 Å². The molecule has 0 unspecified atom stereocenters. The highest BCUT2D eigenvalue weighted by Gasteiger charge is 2.13. The first-order valence-electron chi connectivity index (χ1n) is 5.96. The standard InChI is InChI=1S/C15H9Br2NOS/c16-9-5-6-10(11(17)7-9)13(19)8-15-18-12-3-1-2-4-14(12)20-15/h1-7H,8H2. The van der Waals surface area contributed by atoms with Crippen molar-refractivity contribution in [2.45, 2.75) is 6.42 Å². The average Bonchev–Trinajstić information content (AvgIpc) is 2.80. The van der Waals surface area contributed by atoms with Crippen LogP contribution in [-0.2, 0) is 6.42 Å². The second kappa shape index (κ2) is 5.76. The molecule has 1 heterocycles. The van der Waals surface area contributed by atoms with Gasteiger partial charge in [0.05, 0.1) is 16.6 Å². The summed E-state index contributed by atoms with van der Waals surface area (Å²) in [6.45, 7) is 0. The first-order valence-corrected chi connectivity index (χ1v) is 8.36. The first-order chi connectivity index (χ1) is 9.63. The van der Waals surface area contributed by atoms with E-state index in [2.05, 4.69) is 36.8 Å². The zero-order valence-electron chi connectivity index (χ0n) is 10.3. The molecule has 2 aromatic carbocycles. The number of nitrogens with zero attached hydrogens (tertiary/aromatic N) is 1. The van der Waals surface area contributed by atoms with Gasteiger partial charge in [-0.1, -0.05) is 44.0 Å². The van der Waals surface area contributed by atoms with Gasteiger partial charge in [0.2, 0.25) is 0 Å². The summed E-state index contributed by atoms with van der Waals surface area (Å²) in [5.74, 6) is 0.0726. The number of hydrogen-bond donors (Lipinski definition) is 0. The monoisotopic (exact) mass is 409 g/mol. The van der Waals surface area contributed by atoms with E-state index in [9.17, 15) is 4.79 Å². The molecule has 3 aromatic rings. The minimum absolute atomic E-state index is 0.0726. The lowest BCUT2D eigenvalue weighted by molar-refractivity contribution is 0.0992. The zero-order valence-corrected chi connectivity index (χ0v) is 14.3. The minimum Gasteiger partial charge on any atom is -0.294 e. The van der Waals surface area contributed by atoms with E-state index in [1.54, 1.807) is 11.3 Å². The third-order valence-corrected chi connectivity index (χ3v) is 5.07. The van der Waals surface area contributed by atoms with Gasteiger partial charge in [0.1, 0.15) is 5.01 Å². The van der Waals surface area contributed by atoms with Crippen LogP contribution in [0, 0.1) is 0 Å². The zero-order chi connectivity index (χ0) is 14.1. The van der Waals surface area contributed by atoms with Gasteiger partial charge in [0.25, 0.3) is 0 Å². The fraction of sp³-hybridized carbons (Fsp3) is 0.0667. The van der Waals surface area contributed by atoms with E-state index in [1.165, 1.54) is 0 Å². The Balaban J connectivity index is 1.88. The molecule has 0 saturated carbocycles. The van der Waals surface area contributed by atoms with Crippen LogP contribution in [0.3, 0.4) is 0 Å².